The highest BCUT2D eigenvalue weighted by Crippen LogP contribution is 2.33. The van der Waals surface area contributed by atoms with E-state index in [1.165, 1.54) is 54.1 Å². The number of carbonyl (C=O) groups is 1. The molecule has 0 spiro atoms. The van der Waals surface area contributed by atoms with Crippen molar-refractivity contribution in [1.82, 2.24) is 9.84 Å². The van der Waals surface area contributed by atoms with Gasteiger partial charge in [0.1, 0.15) is 0 Å². The molecule has 1 aliphatic heterocycles. The molecule has 2 aromatic rings. The van der Waals surface area contributed by atoms with Gasteiger partial charge in [-0.05, 0) is 42.8 Å². The topological polar surface area (TPSA) is 111 Å². The van der Waals surface area contributed by atoms with E-state index < -0.39 is 27.8 Å². The predicted molar refractivity (Wildman–Crippen MR) is 103 cm³/mol. The van der Waals surface area contributed by atoms with Gasteiger partial charge in [0, 0.05) is 12.7 Å². The summed E-state index contributed by atoms with van der Waals surface area (Å²) in [5, 5.41) is 7.48. The summed E-state index contributed by atoms with van der Waals surface area (Å²) < 4.78 is 65.3. The predicted octanol–water partition coefficient (Wildman–Crippen LogP) is 1.61. The Morgan fingerprint density at radius 3 is 2.60 bits per heavy atom. The summed E-state index contributed by atoms with van der Waals surface area (Å²) in [7, 11) is -3.25. The number of alkyl halides is 3. The van der Waals surface area contributed by atoms with Gasteiger partial charge in [0.05, 0.1) is 16.1 Å². The molecular weight excluding hydrogens is 425 g/mol. The zero-order valence-electron chi connectivity index (χ0n) is 15.8. The van der Waals surface area contributed by atoms with Crippen LogP contribution in [0.4, 0.5) is 29.3 Å². The number of halogens is 3. The lowest BCUT2D eigenvalue weighted by Gasteiger charge is -2.20. The molecule has 0 radical (unpaired) electrons. The molecule has 9 nitrogen and oxygen atoms in total. The minimum atomic E-state index is -4.60. The average Bonchev–Trinajstić information content (AvgIpc) is 3.23. The second kappa shape index (κ2) is 7.84. The van der Waals surface area contributed by atoms with Gasteiger partial charge in [-0.25, -0.2) is 17.5 Å². The molecule has 160 valence electrons. The Hall–Kier alpha value is -3.32. The number of hydrogen-bond donors (Lipinski definition) is 3. The van der Waals surface area contributed by atoms with Crippen LogP contribution in [0.3, 0.4) is 0 Å². The molecule has 30 heavy (non-hydrogen) atoms. The van der Waals surface area contributed by atoms with Gasteiger partial charge in [-0.1, -0.05) is 12.1 Å². The maximum absolute atomic E-state index is 13.1. The first-order valence-electron chi connectivity index (χ1n) is 8.48. The maximum atomic E-state index is 13.1. The van der Waals surface area contributed by atoms with Gasteiger partial charge in [0.15, 0.2) is 6.34 Å². The van der Waals surface area contributed by atoms with E-state index in [9.17, 15) is 26.4 Å². The van der Waals surface area contributed by atoms with Crippen LogP contribution in [0, 0.1) is 6.92 Å². The number of amides is 2. The lowest BCUT2D eigenvalue weighted by Crippen LogP contribution is -2.97. The molecule has 1 heterocycles. The summed E-state index contributed by atoms with van der Waals surface area (Å²) in [6, 6.07) is 7.87. The lowest BCUT2D eigenvalue weighted by atomic mass is 10.1. The molecule has 0 atom stereocenters. The van der Waals surface area contributed by atoms with Gasteiger partial charge >= 0.3 is 12.2 Å². The highest BCUT2D eigenvalue weighted by molar-refractivity contribution is 7.89. The zero-order chi connectivity index (χ0) is 22.1. The molecule has 13 heteroatoms. The monoisotopic (exact) mass is 443 g/mol. The number of carbonyl (C=O) groups excluding carboxylic acids is 1. The fourth-order valence-electron chi connectivity index (χ4n) is 2.64. The fraction of sp³-hybridized carbons (Fsp3) is 0.176. The molecule has 0 aliphatic carbocycles. The molecule has 2 aromatic carbocycles. The third-order valence-electron chi connectivity index (χ3n) is 4.31. The fourth-order valence-corrected chi connectivity index (χ4v) is 3.75. The highest BCUT2D eigenvalue weighted by atomic mass is 32.2. The van der Waals surface area contributed by atoms with Crippen LogP contribution in [0.5, 0.6) is 0 Å². The number of rotatable bonds is 4. The number of quaternary nitrogens is 1. The quantitative estimate of drug-likeness (QED) is 0.622. The van der Waals surface area contributed by atoms with Gasteiger partial charge in [-0.15, -0.1) is 16.2 Å². The van der Waals surface area contributed by atoms with E-state index in [4.69, 9.17) is 0 Å². The lowest BCUT2D eigenvalue weighted by molar-refractivity contribution is -0.703. The molecular formula is C17H18F3N6O3S+. The Morgan fingerprint density at radius 1 is 1.23 bits per heavy atom. The molecule has 0 unspecified atom stereocenters. The van der Waals surface area contributed by atoms with Crippen molar-refractivity contribution in [3.8, 4) is 0 Å². The summed E-state index contributed by atoms with van der Waals surface area (Å²) in [6.45, 7) is 1.29. The summed E-state index contributed by atoms with van der Waals surface area (Å²) in [5.41, 5.74) is 3.44. The van der Waals surface area contributed by atoms with Gasteiger partial charge in [0.25, 0.3) is 10.0 Å². The summed E-state index contributed by atoms with van der Waals surface area (Å²) in [6.07, 6.45) is -3.17. The van der Waals surface area contributed by atoms with Crippen molar-refractivity contribution < 1.29 is 31.9 Å². The number of urea groups is 1. The van der Waals surface area contributed by atoms with Crippen molar-refractivity contribution in [3.05, 3.63) is 53.6 Å². The van der Waals surface area contributed by atoms with Gasteiger partial charge in [-0.3, -0.25) is 0 Å². The van der Waals surface area contributed by atoms with Crippen molar-refractivity contribution in [2.45, 2.75) is 18.0 Å². The van der Waals surface area contributed by atoms with Crippen molar-refractivity contribution >= 4 is 33.8 Å². The molecule has 0 saturated carbocycles. The first-order chi connectivity index (χ1) is 14.0. The van der Waals surface area contributed by atoms with E-state index in [1.807, 2.05) is 0 Å². The molecule has 1 aliphatic rings. The van der Waals surface area contributed by atoms with E-state index >= 15 is 0 Å². The van der Waals surface area contributed by atoms with Gasteiger partial charge in [-0.2, -0.15) is 18.2 Å². The normalized spacial score (nSPS) is 13.8. The Morgan fingerprint density at radius 2 is 1.97 bits per heavy atom. The SMILES string of the molecule is Cc1ccc(NC(=O)N(C)S(=O)(=O)c2cccc(N3C=NN[NH2+]3)c2)cc1C(F)(F)F. The molecule has 0 fully saturated rings. The highest BCUT2D eigenvalue weighted by Gasteiger charge is 2.33. The van der Waals surface area contributed by atoms with Crippen molar-refractivity contribution in [1.29, 1.82) is 0 Å². The number of benzene rings is 2. The number of aryl methyl sites for hydroxylation is 1. The third kappa shape index (κ3) is 4.31. The van der Waals surface area contributed by atoms with Crippen LogP contribution >= 0.6 is 0 Å². The Kier molecular flexibility index (Phi) is 5.59. The van der Waals surface area contributed by atoms with E-state index in [2.05, 4.69) is 16.0 Å². The van der Waals surface area contributed by atoms with Crippen LogP contribution in [0.15, 0.2) is 52.5 Å². The number of sulfonamides is 1. The number of nitrogens with zero attached hydrogens (tertiary/aromatic N) is 3. The molecule has 3 rings (SSSR count). The summed E-state index contributed by atoms with van der Waals surface area (Å²) in [5.74, 6) is 0. The molecule has 2 amide bonds. The first-order valence-corrected chi connectivity index (χ1v) is 9.92. The Balaban J connectivity index is 1.82. The number of anilines is 2. The second-order valence-corrected chi connectivity index (χ2v) is 8.31. The van der Waals surface area contributed by atoms with Crippen molar-refractivity contribution in [3.63, 3.8) is 0 Å². The number of hydrazone groups is 1. The molecule has 0 aromatic heterocycles. The zero-order valence-corrected chi connectivity index (χ0v) is 16.6. The van der Waals surface area contributed by atoms with Crippen LogP contribution in [0.25, 0.3) is 0 Å². The van der Waals surface area contributed by atoms with Crippen LogP contribution in [-0.4, -0.2) is 32.1 Å². The third-order valence-corrected chi connectivity index (χ3v) is 6.04. The van der Waals surface area contributed by atoms with E-state index in [1.54, 1.807) is 6.07 Å². The second-order valence-electron chi connectivity index (χ2n) is 6.34. The largest absolute Gasteiger partial charge is 0.416 e. The Labute approximate surface area is 170 Å². The van der Waals surface area contributed by atoms with E-state index in [0.29, 0.717) is 9.99 Å². The maximum Gasteiger partial charge on any atom is 0.416 e. The summed E-state index contributed by atoms with van der Waals surface area (Å²) >= 11 is 0. The number of nitrogens with one attached hydrogen (secondary N) is 2. The molecule has 0 saturated heterocycles. The minimum Gasteiger partial charge on any atom is -0.307 e. The standard InChI is InChI=1S/C17H17F3N6O3S/c1-11-6-7-12(8-15(11)17(18,19)20)22-16(27)25(2)30(28,29)14-5-3-4-13(9-14)26-10-21-23-24-26/h3-10,23-24H,1-2H3,(H,22,27)/p+1. The van der Waals surface area contributed by atoms with Crippen LogP contribution < -0.4 is 21.4 Å². The van der Waals surface area contributed by atoms with Crippen molar-refractivity contribution in [2.75, 3.05) is 17.4 Å². The number of hydrogen-bond acceptors (Lipinski definition) is 6. The van der Waals surface area contributed by atoms with Gasteiger partial charge < -0.3 is 5.32 Å². The minimum absolute atomic E-state index is 0.0185. The average molecular weight is 443 g/mol. The van der Waals surface area contributed by atoms with Crippen molar-refractivity contribution in [2.24, 2.45) is 5.10 Å². The van der Waals surface area contributed by atoms with Crippen LogP contribution in [0.1, 0.15) is 11.1 Å². The van der Waals surface area contributed by atoms with Gasteiger partial charge in [0.2, 0.25) is 0 Å². The first kappa shape index (κ1) is 21.4. The number of nitrogens with two attached hydrogens (primary N) is 1. The molecule has 0 bridgehead atoms. The van der Waals surface area contributed by atoms with E-state index in [-0.39, 0.29) is 16.1 Å². The molecule has 4 N–H and O–H groups in total. The summed E-state index contributed by atoms with van der Waals surface area (Å²) in [4.78, 5) is 12.3. The van der Waals surface area contributed by atoms with E-state index in [0.717, 1.165) is 13.1 Å². The Bertz CT molecular complexity index is 1100. The smallest absolute Gasteiger partial charge is 0.307 e. The van der Waals surface area contributed by atoms with Crippen LogP contribution in [-0.2, 0) is 16.2 Å². The van der Waals surface area contributed by atoms with Crippen LogP contribution in [0.2, 0.25) is 0 Å².